The summed E-state index contributed by atoms with van der Waals surface area (Å²) in [5.74, 6) is -2.29. The SMILES string of the molecule is NC1=NC2NC(=O)CC(c3ccccc3F)C2C(=O)N1. The van der Waals surface area contributed by atoms with Gasteiger partial charge in [-0.25, -0.2) is 9.38 Å². The molecule has 2 amide bonds. The predicted molar refractivity (Wildman–Crippen MR) is 68.9 cm³/mol. The van der Waals surface area contributed by atoms with Crippen LogP contribution in [-0.4, -0.2) is 23.9 Å². The normalized spacial score (nSPS) is 29.1. The van der Waals surface area contributed by atoms with Crippen LogP contribution in [0.4, 0.5) is 4.39 Å². The number of nitrogens with zero attached hydrogens (tertiary/aromatic N) is 1. The number of nitrogens with one attached hydrogen (secondary N) is 2. The van der Waals surface area contributed by atoms with Gasteiger partial charge in [0.25, 0.3) is 0 Å². The molecule has 1 aromatic carbocycles. The van der Waals surface area contributed by atoms with E-state index in [1.54, 1.807) is 18.2 Å². The number of carbonyl (C=O) groups is 2. The molecule has 1 saturated heterocycles. The fraction of sp³-hybridized carbons (Fsp3) is 0.308. The molecule has 104 valence electrons. The number of carbonyl (C=O) groups excluding carboxylic acids is 2. The average molecular weight is 276 g/mol. The van der Waals surface area contributed by atoms with Crippen LogP contribution in [0.2, 0.25) is 0 Å². The minimum absolute atomic E-state index is 0.0364. The number of fused-ring (bicyclic) bond motifs is 1. The number of halogens is 1. The van der Waals surface area contributed by atoms with E-state index in [0.29, 0.717) is 5.56 Å². The molecule has 1 fully saturated rings. The molecule has 3 atom stereocenters. The lowest BCUT2D eigenvalue weighted by Crippen LogP contribution is -2.59. The van der Waals surface area contributed by atoms with Crippen molar-refractivity contribution in [3.63, 3.8) is 0 Å². The van der Waals surface area contributed by atoms with Crippen molar-refractivity contribution in [1.82, 2.24) is 10.6 Å². The van der Waals surface area contributed by atoms with Crippen LogP contribution in [0.1, 0.15) is 17.9 Å². The van der Waals surface area contributed by atoms with Crippen LogP contribution in [0.25, 0.3) is 0 Å². The predicted octanol–water partition coefficient (Wildman–Crippen LogP) is -0.184. The van der Waals surface area contributed by atoms with Gasteiger partial charge in [0.1, 0.15) is 12.0 Å². The van der Waals surface area contributed by atoms with Gasteiger partial charge in [-0.05, 0) is 11.6 Å². The summed E-state index contributed by atoms with van der Waals surface area (Å²) in [4.78, 5) is 27.9. The lowest BCUT2D eigenvalue weighted by atomic mass is 9.77. The molecule has 3 rings (SSSR count). The molecule has 6 nitrogen and oxygen atoms in total. The maximum Gasteiger partial charge on any atom is 0.234 e. The smallest absolute Gasteiger partial charge is 0.234 e. The quantitative estimate of drug-likeness (QED) is 0.663. The maximum atomic E-state index is 13.9. The molecule has 1 aromatic rings. The first-order chi connectivity index (χ1) is 9.56. The summed E-state index contributed by atoms with van der Waals surface area (Å²) in [5, 5.41) is 5.04. The Labute approximate surface area is 114 Å². The molecule has 2 aliphatic heterocycles. The highest BCUT2D eigenvalue weighted by molar-refractivity contribution is 6.01. The van der Waals surface area contributed by atoms with Gasteiger partial charge >= 0.3 is 0 Å². The molecule has 2 aliphatic rings. The number of piperidine rings is 1. The van der Waals surface area contributed by atoms with Crippen LogP contribution in [0.5, 0.6) is 0 Å². The molecule has 4 N–H and O–H groups in total. The van der Waals surface area contributed by atoms with Gasteiger partial charge in [-0.3, -0.25) is 14.9 Å². The molecule has 0 aliphatic carbocycles. The van der Waals surface area contributed by atoms with Crippen molar-refractivity contribution in [1.29, 1.82) is 0 Å². The van der Waals surface area contributed by atoms with Gasteiger partial charge in [0.05, 0.1) is 5.92 Å². The second-order valence-corrected chi connectivity index (χ2v) is 4.87. The lowest BCUT2D eigenvalue weighted by Gasteiger charge is -2.38. The summed E-state index contributed by atoms with van der Waals surface area (Å²) >= 11 is 0. The first-order valence-corrected chi connectivity index (χ1v) is 6.24. The number of benzene rings is 1. The highest BCUT2D eigenvalue weighted by atomic mass is 19.1. The van der Waals surface area contributed by atoms with Gasteiger partial charge in [0.2, 0.25) is 11.8 Å². The summed E-state index contributed by atoms with van der Waals surface area (Å²) in [6, 6.07) is 6.15. The second-order valence-electron chi connectivity index (χ2n) is 4.87. The molecule has 0 radical (unpaired) electrons. The van der Waals surface area contributed by atoms with Crippen molar-refractivity contribution in [3.8, 4) is 0 Å². The van der Waals surface area contributed by atoms with Crippen molar-refractivity contribution in [3.05, 3.63) is 35.6 Å². The average Bonchev–Trinajstić information content (AvgIpc) is 2.37. The molecule has 0 bridgehead atoms. The number of nitrogens with two attached hydrogens (primary N) is 1. The van der Waals surface area contributed by atoms with Gasteiger partial charge in [-0.15, -0.1) is 0 Å². The number of amides is 2. The third-order valence-corrected chi connectivity index (χ3v) is 3.62. The summed E-state index contributed by atoms with van der Waals surface area (Å²) in [5.41, 5.74) is 5.83. The molecule has 7 heteroatoms. The maximum absolute atomic E-state index is 13.9. The van der Waals surface area contributed by atoms with Crippen molar-refractivity contribution in [2.45, 2.75) is 18.5 Å². The molecule has 2 heterocycles. The Bertz CT molecular complexity index is 616. The zero-order valence-electron chi connectivity index (χ0n) is 10.5. The zero-order chi connectivity index (χ0) is 14.3. The van der Waals surface area contributed by atoms with E-state index in [-0.39, 0.29) is 24.2 Å². The van der Waals surface area contributed by atoms with Gasteiger partial charge < -0.3 is 11.1 Å². The van der Waals surface area contributed by atoms with E-state index >= 15 is 0 Å². The third kappa shape index (κ3) is 2.01. The first kappa shape index (κ1) is 12.6. The van der Waals surface area contributed by atoms with Crippen LogP contribution in [-0.2, 0) is 9.59 Å². The number of hydrogen-bond acceptors (Lipinski definition) is 4. The van der Waals surface area contributed by atoms with Crippen molar-refractivity contribution in [2.75, 3.05) is 0 Å². The minimum atomic E-state index is -0.741. The van der Waals surface area contributed by atoms with Crippen molar-refractivity contribution < 1.29 is 14.0 Å². The first-order valence-electron chi connectivity index (χ1n) is 6.24. The van der Waals surface area contributed by atoms with Crippen LogP contribution in [0.15, 0.2) is 29.3 Å². The zero-order valence-corrected chi connectivity index (χ0v) is 10.5. The van der Waals surface area contributed by atoms with Crippen LogP contribution < -0.4 is 16.4 Å². The molecular weight excluding hydrogens is 263 g/mol. The Kier molecular flexibility index (Phi) is 2.89. The fourth-order valence-electron chi connectivity index (χ4n) is 2.77. The molecular formula is C13H13FN4O2. The van der Waals surface area contributed by atoms with Crippen LogP contribution >= 0.6 is 0 Å². The highest BCUT2D eigenvalue weighted by Gasteiger charge is 2.45. The highest BCUT2D eigenvalue weighted by Crippen LogP contribution is 2.36. The minimum Gasteiger partial charge on any atom is -0.370 e. The summed E-state index contributed by atoms with van der Waals surface area (Å²) < 4.78 is 13.9. The Morgan fingerprint density at radius 1 is 1.30 bits per heavy atom. The standard InChI is InChI=1S/C13H13FN4O2/c14-8-4-2-1-3-6(8)7-5-9(19)16-11-10(7)12(20)18-13(15)17-11/h1-4,7,10-11H,5H2,(H,16,19)(H3,15,17,18,20). The summed E-state index contributed by atoms with van der Waals surface area (Å²) in [7, 11) is 0. The largest absolute Gasteiger partial charge is 0.370 e. The van der Waals surface area contributed by atoms with Gasteiger partial charge in [0.15, 0.2) is 5.96 Å². The summed E-state index contributed by atoms with van der Waals surface area (Å²) in [6.45, 7) is 0. The topological polar surface area (TPSA) is 96.6 Å². The molecule has 3 unspecified atom stereocenters. The number of guanidine groups is 1. The van der Waals surface area contributed by atoms with Gasteiger partial charge in [0, 0.05) is 12.3 Å². The van der Waals surface area contributed by atoms with E-state index in [9.17, 15) is 14.0 Å². The fourth-order valence-corrected chi connectivity index (χ4v) is 2.77. The molecule has 0 saturated carbocycles. The van der Waals surface area contributed by atoms with E-state index in [0.717, 1.165) is 0 Å². The number of rotatable bonds is 1. The monoisotopic (exact) mass is 276 g/mol. The molecule has 20 heavy (non-hydrogen) atoms. The Morgan fingerprint density at radius 3 is 2.80 bits per heavy atom. The van der Waals surface area contributed by atoms with E-state index in [4.69, 9.17) is 5.73 Å². The Hall–Kier alpha value is -2.44. The Morgan fingerprint density at radius 2 is 2.05 bits per heavy atom. The van der Waals surface area contributed by atoms with E-state index in [1.807, 2.05) is 0 Å². The molecule has 0 aromatic heterocycles. The van der Waals surface area contributed by atoms with E-state index in [1.165, 1.54) is 6.07 Å². The summed E-state index contributed by atoms with van der Waals surface area (Å²) in [6.07, 6.45) is -0.695. The van der Waals surface area contributed by atoms with Crippen LogP contribution in [0.3, 0.4) is 0 Å². The number of aliphatic imine (C=N–C) groups is 1. The van der Waals surface area contributed by atoms with Crippen molar-refractivity contribution in [2.24, 2.45) is 16.6 Å². The van der Waals surface area contributed by atoms with Gasteiger partial charge in [-0.2, -0.15) is 0 Å². The van der Waals surface area contributed by atoms with Crippen molar-refractivity contribution >= 4 is 17.8 Å². The second kappa shape index (κ2) is 4.59. The number of hydrogen-bond donors (Lipinski definition) is 3. The molecule has 0 spiro atoms. The van der Waals surface area contributed by atoms with E-state index in [2.05, 4.69) is 15.6 Å². The van der Waals surface area contributed by atoms with E-state index < -0.39 is 23.8 Å². The lowest BCUT2D eigenvalue weighted by molar-refractivity contribution is -0.131. The van der Waals surface area contributed by atoms with Crippen LogP contribution in [0, 0.1) is 11.7 Å². The third-order valence-electron chi connectivity index (χ3n) is 3.62. The van der Waals surface area contributed by atoms with Gasteiger partial charge in [-0.1, -0.05) is 18.2 Å². The Balaban J connectivity index is 2.04.